The molecule has 4 rings (SSSR count). The molecule has 0 saturated carbocycles. The summed E-state index contributed by atoms with van der Waals surface area (Å²) < 4.78 is 19.8. The number of amides is 2. The van der Waals surface area contributed by atoms with Crippen LogP contribution in [0.25, 0.3) is 0 Å². The molecule has 2 aliphatic heterocycles. The number of rotatable bonds is 4. The molecule has 2 N–H and O–H groups in total. The molecule has 0 aromatic heterocycles. The first kappa shape index (κ1) is 24.6. The van der Waals surface area contributed by atoms with Gasteiger partial charge in [0.15, 0.2) is 0 Å². The first-order chi connectivity index (χ1) is 16.1. The first-order valence-electron chi connectivity index (χ1n) is 11.2. The van der Waals surface area contributed by atoms with Crippen molar-refractivity contribution in [1.82, 2.24) is 4.90 Å². The zero-order valence-electron chi connectivity index (χ0n) is 19.0. The van der Waals surface area contributed by atoms with Crippen LogP contribution in [0.3, 0.4) is 0 Å². The van der Waals surface area contributed by atoms with E-state index in [9.17, 15) is 14.0 Å². The van der Waals surface area contributed by atoms with E-state index in [0.29, 0.717) is 37.1 Å². The number of hydrogen-bond acceptors (Lipinski definition) is 4. The molecule has 3 atom stereocenters. The van der Waals surface area contributed by atoms with Gasteiger partial charge >= 0.3 is 0 Å². The number of carbonyl (C=O) groups is 2. The highest BCUT2D eigenvalue weighted by Gasteiger charge is 2.44. The Balaban J connectivity index is 1.56. The Morgan fingerprint density at radius 3 is 2.71 bits per heavy atom. The Kier molecular flexibility index (Phi) is 6.99. The SMILES string of the molecule is CC1CC(N2C(=N)CC(C)(c3cccc(NC(=O)c4ccc(Cl)cc4F)c3Cl)CC2=O)CCO1. The molecule has 2 aromatic rings. The highest BCUT2D eigenvalue weighted by atomic mass is 35.5. The monoisotopic (exact) mass is 505 g/mol. The number of nitrogens with one attached hydrogen (secondary N) is 2. The second kappa shape index (κ2) is 9.64. The summed E-state index contributed by atoms with van der Waals surface area (Å²) in [6, 6.07) is 8.91. The van der Waals surface area contributed by atoms with Crippen LogP contribution in [0.15, 0.2) is 36.4 Å². The van der Waals surface area contributed by atoms with Crippen LogP contribution < -0.4 is 5.32 Å². The standard InChI is InChI=1S/C25H26Cl2FN3O3/c1-14-10-16(8-9-34-14)31-21(29)12-25(2,13-22(31)32)18-4-3-5-20(23(18)27)30-24(33)17-7-6-15(26)11-19(17)28/h3-7,11,14,16,29H,8-10,12-13H2,1-2H3,(H,30,33). The third kappa shape index (κ3) is 4.83. The molecular formula is C25H26Cl2FN3O3. The highest BCUT2D eigenvalue weighted by molar-refractivity contribution is 6.35. The van der Waals surface area contributed by atoms with Crippen molar-refractivity contribution in [2.75, 3.05) is 11.9 Å². The maximum Gasteiger partial charge on any atom is 0.258 e. The molecule has 0 bridgehead atoms. The number of ether oxygens (including phenoxy) is 1. The van der Waals surface area contributed by atoms with Crippen LogP contribution in [0.5, 0.6) is 0 Å². The molecule has 3 unspecified atom stereocenters. The largest absolute Gasteiger partial charge is 0.378 e. The lowest BCUT2D eigenvalue weighted by molar-refractivity contribution is -0.134. The van der Waals surface area contributed by atoms with Crippen molar-refractivity contribution in [2.24, 2.45) is 0 Å². The Labute approximate surface area is 207 Å². The minimum absolute atomic E-state index is 0.0383. The van der Waals surface area contributed by atoms with Gasteiger partial charge in [0.2, 0.25) is 5.91 Å². The number of hydrogen-bond donors (Lipinski definition) is 2. The number of halogens is 3. The number of carbonyl (C=O) groups excluding carboxylic acids is 2. The van der Waals surface area contributed by atoms with Gasteiger partial charge < -0.3 is 10.1 Å². The van der Waals surface area contributed by atoms with Gasteiger partial charge in [-0.3, -0.25) is 19.9 Å². The van der Waals surface area contributed by atoms with Gasteiger partial charge in [-0.05, 0) is 49.6 Å². The summed E-state index contributed by atoms with van der Waals surface area (Å²) in [7, 11) is 0. The normalized spacial score (nSPS) is 25.4. The van der Waals surface area contributed by atoms with Crippen LogP contribution in [0.1, 0.15) is 55.5 Å². The van der Waals surface area contributed by atoms with Gasteiger partial charge in [0.1, 0.15) is 11.7 Å². The molecule has 180 valence electrons. The van der Waals surface area contributed by atoms with Crippen LogP contribution in [0, 0.1) is 11.2 Å². The Bertz CT molecular complexity index is 1140. The van der Waals surface area contributed by atoms with E-state index < -0.39 is 17.1 Å². The smallest absolute Gasteiger partial charge is 0.258 e. The van der Waals surface area contributed by atoms with Crippen LogP contribution in [-0.2, 0) is 14.9 Å². The molecular weight excluding hydrogens is 480 g/mol. The third-order valence-electron chi connectivity index (χ3n) is 6.55. The second-order valence-corrected chi connectivity index (χ2v) is 10.0. The molecule has 9 heteroatoms. The molecule has 2 saturated heterocycles. The van der Waals surface area contributed by atoms with Gasteiger partial charge in [0.25, 0.3) is 5.91 Å². The minimum atomic E-state index is -0.738. The molecule has 0 aliphatic carbocycles. The predicted molar refractivity (Wildman–Crippen MR) is 130 cm³/mol. The second-order valence-electron chi connectivity index (χ2n) is 9.23. The Morgan fingerprint density at radius 1 is 1.26 bits per heavy atom. The van der Waals surface area contributed by atoms with Gasteiger partial charge in [0, 0.05) is 35.9 Å². The van der Waals surface area contributed by atoms with Crippen molar-refractivity contribution in [3.05, 3.63) is 63.4 Å². The zero-order chi connectivity index (χ0) is 24.6. The summed E-state index contributed by atoms with van der Waals surface area (Å²) >= 11 is 12.5. The summed E-state index contributed by atoms with van der Waals surface area (Å²) in [6.45, 7) is 4.45. The molecule has 2 heterocycles. The number of benzene rings is 2. The topological polar surface area (TPSA) is 82.5 Å². The van der Waals surface area contributed by atoms with Gasteiger partial charge in [0.05, 0.1) is 22.4 Å². The van der Waals surface area contributed by atoms with Gasteiger partial charge in [-0.15, -0.1) is 0 Å². The lowest BCUT2D eigenvalue weighted by Gasteiger charge is -2.44. The summed E-state index contributed by atoms with van der Waals surface area (Å²) in [5.41, 5.74) is 0.0826. The van der Waals surface area contributed by atoms with Crippen LogP contribution in [0.2, 0.25) is 10.0 Å². The quantitative estimate of drug-likeness (QED) is 0.549. The summed E-state index contributed by atoms with van der Waals surface area (Å²) in [5.74, 6) is -1.26. The lowest BCUT2D eigenvalue weighted by Crippen LogP contribution is -2.54. The van der Waals surface area contributed by atoms with E-state index in [0.717, 1.165) is 6.07 Å². The van der Waals surface area contributed by atoms with Gasteiger partial charge in [-0.1, -0.05) is 42.3 Å². The third-order valence-corrected chi connectivity index (χ3v) is 7.20. The van der Waals surface area contributed by atoms with E-state index in [1.54, 1.807) is 23.1 Å². The van der Waals surface area contributed by atoms with Gasteiger partial charge in [-0.2, -0.15) is 0 Å². The summed E-state index contributed by atoms with van der Waals surface area (Å²) in [6.07, 6.45) is 1.97. The fraction of sp³-hybridized carbons (Fsp3) is 0.400. The summed E-state index contributed by atoms with van der Waals surface area (Å²) in [5, 5.41) is 11.8. The fourth-order valence-electron chi connectivity index (χ4n) is 4.87. The molecule has 0 spiro atoms. The highest BCUT2D eigenvalue weighted by Crippen LogP contribution is 2.43. The van der Waals surface area contributed by atoms with Crippen LogP contribution in [-0.4, -0.2) is 41.3 Å². The average molecular weight is 506 g/mol. The van der Waals surface area contributed by atoms with Crippen LogP contribution in [0.4, 0.5) is 10.1 Å². The number of piperidine rings is 1. The lowest BCUT2D eigenvalue weighted by atomic mass is 9.73. The van der Waals surface area contributed by atoms with Crippen molar-refractivity contribution < 1.29 is 18.7 Å². The molecule has 2 fully saturated rings. The molecule has 2 amide bonds. The van der Waals surface area contributed by atoms with Crippen LogP contribution >= 0.6 is 23.2 Å². The van der Waals surface area contributed by atoms with Gasteiger partial charge in [-0.25, -0.2) is 4.39 Å². The van der Waals surface area contributed by atoms with Crippen molar-refractivity contribution in [3.63, 3.8) is 0 Å². The van der Waals surface area contributed by atoms with Crippen molar-refractivity contribution in [2.45, 2.75) is 57.1 Å². The van der Waals surface area contributed by atoms with E-state index in [1.165, 1.54) is 12.1 Å². The van der Waals surface area contributed by atoms with E-state index >= 15 is 0 Å². The number of amidine groups is 1. The maximum absolute atomic E-state index is 14.2. The molecule has 34 heavy (non-hydrogen) atoms. The van der Waals surface area contributed by atoms with E-state index in [-0.39, 0.29) is 45.9 Å². The van der Waals surface area contributed by atoms with E-state index in [4.69, 9.17) is 33.3 Å². The molecule has 0 radical (unpaired) electrons. The Morgan fingerprint density at radius 2 is 2.03 bits per heavy atom. The van der Waals surface area contributed by atoms with E-state index in [2.05, 4.69) is 5.32 Å². The van der Waals surface area contributed by atoms with Crippen molar-refractivity contribution in [1.29, 1.82) is 5.41 Å². The number of likely N-dealkylation sites (tertiary alicyclic amines) is 1. The molecule has 2 aliphatic rings. The number of anilines is 1. The first-order valence-corrected chi connectivity index (χ1v) is 11.9. The predicted octanol–water partition coefficient (Wildman–Crippen LogP) is 5.81. The van der Waals surface area contributed by atoms with Crippen molar-refractivity contribution in [3.8, 4) is 0 Å². The Hall–Kier alpha value is -2.48. The maximum atomic E-state index is 14.2. The minimum Gasteiger partial charge on any atom is -0.378 e. The zero-order valence-corrected chi connectivity index (χ0v) is 20.5. The average Bonchev–Trinajstić information content (AvgIpc) is 2.74. The molecule has 2 aromatic carbocycles. The van der Waals surface area contributed by atoms with Crippen molar-refractivity contribution >= 4 is 46.5 Å². The van der Waals surface area contributed by atoms with E-state index in [1.807, 2.05) is 13.8 Å². The fourth-order valence-corrected chi connectivity index (χ4v) is 5.43. The molecule has 6 nitrogen and oxygen atoms in total. The summed E-state index contributed by atoms with van der Waals surface area (Å²) in [4.78, 5) is 27.5. The number of nitrogens with zero attached hydrogens (tertiary/aromatic N) is 1.